The Bertz CT molecular complexity index is 737. The zero-order valence-electron chi connectivity index (χ0n) is 13.9. The van der Waals surface area contributed by atoms with Gasteiger partial charge in [-0.3, -0.25) is 4.68 Å². The molecule has 0 radical (unpaired) electrons. The number of benzene rings is 1. The molecule has 2 N–H and O–H groups in total. The Balaban J connectivity index is 1.80. The van der Waals surface area contributed by atoms with E-state index in [2.05, 4.69) is 60.2 Å². The van der Waals surface area contributed by atoms with Gasteiger partial charge in [-0.15, -0.1) is 11.3 Å². The molecular weight excluding hydrogens is 318 g/mol. The van der Waals surface area contributed by atoms with E-state index < -0.39 is 0 Å². The minimum atomic E-state index is 0.208. The largest absolute Gasteiger partial charge is 0.396 e. The van der Waals surface area contributed by atoms with E-state index in [1.54, 1.807) is 11.3 Å². The molecule has 1 atom stereocenters. The fraction of sp³-hybridized carbons (Fsp3) is 0.316. The van der Waals surface area contributed by atoms with Crippen molar-refractivity contribution in [3.8, 4) is 10.6 Å². The topological polar surface area (TPSA) is 50.1 Å². The Morgan fingerprint density at radius 3 is 2.75 bits per heavy atom. The molecule has 3 rings (SSSR count). The Morgan fingerprint density at radius 1 is 1.21 bits per heavy atom. The lowest BCUT2D eigenvalue weighted by Gasteiger charge is -2.11. The zero-order valence-corrected chi connectivity index (χ0v) is 14.7. The number of aromatic nitrogens is 2. The van der Waals surface area contributed by atoms with Crippen molar-refractivity contribution in [3.63, 3.8) is 0 Å². The minimum absolute atomic E-state index is 0.208. The van der Waals surface area contributed by atoms with Crippen molar-refractivity contribution in [3.05, 3.63) is 65.2 Å². The van der Waals surface area contributed by atoms with E-state index in [1.165, 1.54) is 16.0 Å². The van der Waals surface area contributed by atoms with Crippen molar-refractivity contribution in [1.82, 2.24) is 15.1 Å². The molecule has 0 aliphatic carbocycles. The molecule has 24 heavy (non-hydrogen) atoms. The van der Waals surface area contributed by atoms with E-state index in [-0.39, 0.29) is 12.6 Å². The number of nitrogens with one attached hydrogen (secondary N) is 1. The molecule has 0 saturated carbocycles. The first-order valence-corrected chi connectivity index (χ1v) is 9.12. The molecule has 0 bridgehead atoms. The van der Waals surface area contributed by atoms with Crippen LogP contribution in [0.4, 0.5) is 0 Å². The fourth-order valence-electron chi connectivity index (χ4n) is 2.64. The molecule has 0 amide bonds. The highest BCUT2D eigenvalue weighted by molar-refractivity contribution is 7.13. The summed E-state index contributed by atoms with van der Waals surface area (Å²) in [6.45, 7) is 3.82. The summed E-state index contributed by atoms with van der Waals surface area (Å²) >= 11 is 1.71. The van der Waals surface area contributed by atoms with Gasteiger partial charge < -0.3 is 10.4 Å². The lowest BCUT2D eigenvalue weighted by molar-refractivity contribution is 0.268. The van der Waals surface area contributed by atoms with Gasteiger partial charge in [-0.05, 0) is 30.4 Å². The van der Waals surface area contributed by atoms with Crippen LogP contribution in [0.3, 0.4) is 0 Å². The molecule has 0 aliphatic rings. The van der Waals surface area contributed by atoms with Crippen LogP contribution in [0.25, 0.3) is 10.6 Å². The lowest BCUT2D eigenvalue weighted by atomic mass is 10.2. The van der Waals surface area contributed by atoms with E-state index in [0.717, 1.165) is 25.2 Å². The molecule has 126 valence electrons. The fourth-order valence-corrected chi connectivity index (χ4v) is 3.39. The molecule has 5 heteroatoms. The third-order valence-electron chi connectivity index (χ3n) is 3.98. The average molecular weight is 341 g/mol. The van der Waals surface area contributed by atoms with Crippen LogP contribution in [0.15, 0.2) is 54.0 Å². The third kappa shape index (κ3) is 4.32. The van der Waals surface area contributed by atoms with E-state index in [4.69, 9.17) is 10.2 Å². The number of aliphatic hydroxyl groups excluding tert-OH is 1. The van der Waals surface area contributed by atoms with Crippen LogP contribution in [0.2, 0.25) is 0 Å². The maximum atomic E-state index is 9.05. The summed E-state index contributed by atoms with van der Waals surface area (Å²) in [5.74, 6) is 0. The molecule has 3 aromatic rings. The molecule has 1 aromatic carbocycles. The Labute approximate surface area is 146 Å². The van der Waals surface area contributed by atoms with E-state index in [1.807, 2.05) is 10.7 Å². The number of rotatable bonds is 8. The smallest absolute Gasteiger partial charge is 0.107 e. The summed E-state index contributed by atoms with van der Waals surface area (Å²) in [6, 6.07) is 14.8. The molecule has 0 spiro atoms. The average Bonchev–Trinajstić information content (AvgIpc) is 3.23. The van der Waals surface area contributed by atoms with Crippen molar-refractivity contribution in [2.75, 3.05) is 6.61 Å². The van der Waals surface area contributed by atoms with Crippen LogP contribution in [0, 0.1) is 0 Å². The standard InChI is InChI=1S/C19H23N3OS/c1-15(9-10-23)20-12-17-14-22(13-16-6-3-2-4-7-16)21-19(17)18-8-5-11-24-18/h2-8,11,14-15,20,23H,9-10,12-13H2,1H3. The maximum Gasteiger partial charge on any atom is 0.107 e. The van der Waals surface area contributed by atoms with Gasteiger partial charge in [-0.1, -0.05) is 36.4 Å². The van der Waals surface area contributed by atoms with Crippen LogP contribution in [-0.2, 0) is 13.1 Å². The van der Waals surface area contributed by atoms with Gasteiger partial charge in [-0.2, -0.15) is 5.10 Å². The highest BCUT2D eigenvalue weighted by atomic mass is 32.1. The van der Waals surface area contributed by atoms with Crippen molar-refractivity contribution in [2.45, 2.75) is 32.5 Å². The zero-order chi connectivity index (χ0) is 16.8. The number of thiophene rings is 1. The minimum Gasteiger partial charge on any atom is -0.396 e. The van der Waals surface area contributed by atoms with Crippen molar-refractivity contribution in [1.29, 1.82) is 0 Å². The van der Waals surface area contributed by atoms with Gasteiger partial charge in [0.15, 0.2) is 0 Å². The second-order valence-electron chi connectivity index (χ2n) is 5.96. The van der Waals surface area contributed by atoms with Gasteiger partial charge >= 0.3 is 0 Å². The van der Waals surface area contributed by atoms with Gasteiger partial charge in [0.25, 0.3) is 0 Å². The van der Waals surface area contributed by atoms with Crippen LogP contribution in [-0.4, -0.2) is 27.5 Å². The first kappa shape index (κ1) is 16.9. The SMILES string of the molecule is CC(CCO)NCc1cn(Cc2ccccc2)nc1-c1cccs1. The third-order valence-corrected chi connectivity index (χ3v) is 4.86. The lowest BCUT2D eigenvalue weighted by Crippen LogP contribution is -2.26. The van der Waals surface area contributed by atoms with Crippen LogP contribution >= 0.6 is 11.3 Å². The molecule has 0 fully saturated rings. The highest BCUT2D eigenvalue weighted by Gasteiger charge is 2.13. The second-order valence-corrected chi connectivity index (χ2v) is 6.91. The van der Waals surface area contributed by atoms with Gasteiger partial charge in [0.05, 0.1) is 11.4 Å². The second kappa shape index (κ2) is 8.24. The number of nitrogens with zero attached hydrogens (tertiary/aromatic N) is 2. The number of hydrogen-bond donors (Lipinski definition) is 2. The van der Waals surface area contributed by atoms with Crippen LogP contribution in [0.5, 0.6) is 0 Å². The summed E-state index contributed by atoms with van der Waals surface area (Å²) in [6.07, 6.45) is 2.88. The summed E-state index contributed by atoms with van der Waals surface area (Å²) in [5, 5.41) is 19.4. The van der Waals surface area contributed by atoms with Crippen LogP contribution < -0.4 is 5.32 Å². The summed E-state index contributed by atoms with van der Waals surface area (Å²) in [4.78, 5) is 1.19. The van der Waals surface area contributed by atoms with E-state index >= 15 is 0 Å². The molecule has 2 heterocycles. The summed E-state index contributed by atoms with van der Waals surface area (Å²) in [7, 11) is 0. The molecule has 0 saturated heterocycles. The Kier molecular flexibility index (Phi) is 5.80. The Hall–Kier alpha value is -1.95. The monoisotopic (exact) mass is 341 g/mol. The summed E-state index contributed by atoms with van der Waals surface area (Å²) < 4.78 is 2.01. The van der Waals surface area contributed by atoms with Crippen LogP contribution in [0.1, 0.15) is 24.5 Å². The molecule has 2 aromatic heterocycles. The first-order chi connectivity index (χ1) is 11.8. The normalized spacial score (nSPS) is 12.4. The van der Waals surface area contributed by atoms with E-state index in [9.17, 15) is 0 Å². The highest BCUT2D eigenvalue weighted by Crippen LogP contribution is 2.27. The van der Waals surface area contributed by atoms with Gasteiger partial charge in [0.1, 0.15) is 5.69 Å². The number of aliphatic hydroxyl groups is 1. The molecule has 0 aliphatic heterocycles. The molecule has 1 unspecified atom stereocenters. The van der Waals surface area contributed by atoms with Gasteiger partial charge in [-0.25, -0.2) is 0 Å². The predicted octanol–water partition coefficient (Wildman–Crippen LogP) is 3.52. The molecular formula is C19H23N3OS. The Morgan fingerprint density at radius 2 is 2.04 bits per heavy atom. The summed E-state index contributed by atoms with van der Waals surface area (Å²) in [5.41, 5.74) is 3.48. The maximum absolute atomic E-state index is 9.05. The van der Waals surface area contributed by atoms with Crippen molar-refractivity contribution in [2.24, 2.45) is 0 Å². The predicted molar refractivity (Wildman–Crippen MR) is 99.1 cm³/mol. The van der Waals surface area contributed by atoms with Gasteiger partial charge in [0, 0.05) is 31.0 Å². The number of hydrogen-bond acceptors (Lipinski definition) is 4. The quantitative estimate of drug-likeness (QED) is 0.659. The first-order valence-electron chi connectivity index (χ1n) is 8.24. The van der Waals surface area contributed by atoms with Crippen molar-refractivity contribution < 1.29 is 5.11 Å². The van der Waals surface area contributed by atoms with E-state index in [0.29, 0.717) is 0 Å². The van der Waals surface area contributed by atoms with Gasteiger partial charge in [0.2, 0.25) is 0 Å². The van der Waals surface area contributed by atoms with Crippen molar-refractivity contribution >= 4 is 11.3 Å². The molecule has 4 nitrogen and oxygen atoms in total.